The lowest BCUT2D eigenvalue weighted by atomic mass is 10.1. The van der Waals surface area contributed by atoms with Gasteiger partial charge in [0.25, 0.3) is 5.91 Å². The third-order valence-electron chi connectivity index (χ3n) is 5.41. The number of hydrogen-bond acceptors (Lipinski definition) is 5. The molecule has 0 aliphatic carbocycles. The minimum absolute atomic E-state index is 0.0101. The molecule has 0 bridgehead atoms. The summed E-state index contributed by atoms with van der Waals surface area (Å²) >= 11 is 11.8. The molecule has 4 rings (SSSR count). The van der Waals surface area contributed by atoms with Crippen molar-refractivity contribution in [2.75, 3.05) is 0 Å². The summed E-state index contributed by atoms with van der Waals surface area (Å²) < 4.78 is 34.1. The van der Waals surface area contributed by atoms with Crippen LogP contribution in [0.4, 0.5) is 0 Å². The smallest absolute Gasteiger partial charge is 0.271 e. The van der Waals surface area contributed by atoms with E-state index in [0.29, 0.717) is 27.1 Å². The van der Waals surface area contributed by atoms with E-state index in [4.69, 9.17) is 27.6 Å². The zero-order valence-corrected chi connectivity index (χ0v) is 22.1. The van der Waals surface area contributed by atoms with E-state index < -0.39 is 15.9 Å². The van der Waals surface area contributed by atoms with Gasteiger partial charge in [0.15, 0.2) is 0 Å². The normalized spacial score (nSPS) is 11.8. The van der Waals surface area contributed by atoms with Gasteiger partial charge in [-0.3, -0.25) is 4.79 Å². The Bertz CT molecular complexity index is 1500. The minimum Gasteiger partial charge on any atom is -0.459 e. The molecule has 0 aliphatic rings. The fourth-order valence-corrected chi connectivity index (χ4v) is 5.07. The van der Waals surface area contributed by atoms with Crippen LogP contribution in [0.3, 0.4) is 0 Å². The number of hydrogen-bond donors (Lipinski definition) is 1. The van der Waals surface area contributed by atoms with Crippen molar-refractivity contribution in [1.82, 2.24) is 9.73 Å². The van der Waals surface area contributed by atoms with E-state index in [1.165, 1.54) is 34.8 Å². The average molecular weight is 556 g/mol. The van der Waals surface area contributed by atoms with Gasteiger partial charge in [-0.25, -0.2) is 13.8 Å². The lowest BCUT2D eigenvalue weighted by Crippen LogP contribution is -2.30. The summed E-state index contributed by atoms with van der Waals surface area (Å²) in [6, 6.07) is 23.4. The number of rotatable bonds is 9. The van der Waals surface area contributed by atoms with Crippen LogP contribution in [-0.4, -0.2) is 24.8 Å². The van der Waals surface area contributed by atoms with Gasteiger partial charge in [-0.05, 0) is 73.2 Å². The zero-order valence-electron chi connectivity index (χ0n) is 19.8. The second kappa shape index (κ2) is 11.7. The van der Waals surface area contributed by atoms with Crippen LogP contribution in [0.25, 0.3) is 0 Å². The van der Waals surface area contributed by atoms with Crippen molar-refractivity contribution >= 4 is 45.3 Å². The first-order valence-corrected chi connectivity index (χ1v) is 13.4. The number of aryl methyl sites for hydroxylation is 1. The van der Waals surface area contributed by atoms with Crippen molar-refractivity contribution < 1.29 is 17.6 Å². The molecular formula is C27H23Cl2N3O4S. The van der Waals surface area contributed by atoms with E-state index >= 15 is 0 Å². The maximum absolute atomic E-state index is 13.5. The van der Waals surface area contributed by atoms with Gasteiger partial charge in [0.2, 0.25) is 10.0 Å². The van der Waals surface area contributed by atoms with Gasteiger partial charge in [0.1, 0.15) is 11.5 Å². The average Bonchev–Trinajstić information content (AvgIpc) is 3.32. The van der Waals surface area contributed by atoms with Gasteiger partial charge < -0.3 is 4.42 Å². The molecule has 37 heavy (non-hydrogen) atoms. The number of benzene rings is 3. The number of sulfonamides is 1. The molecule has 1 heterocycles. The van der Waals surface area contributed by atoms with Crippen molar-refractivity contribution in [3.63, 3.8) is 0 Å². The molecule has 7 nitrogen and oxygen atoms in total. The summed E-state index contributed by atoms with van der Waals surface area (Å²) in [5.41, 5.74) is 4.73. The Labute approximate surface area is 225 Å². The van der Waals surface area contributed by atoms with Gasteiger partial charge in [-0.2, -0.15) is 9.41 Å². The van der Waals surface area contributed by atoms with Crippen LogP contribution in [0.1, 0.15) is 33.0 Å². The highest BCUT2D eigenvalue weighted by Crippen LogP contribution is 2.23. The highest BCUT2D eigenvalue weighted by Gasteiger charge is 2.26. The Kier molecular flexibility index (Phi) is 8.45. The van der Waals surface area contributed by atoms with Gasteiger partial charge in [-0.1, -0.05) is 53.0 Å². The number of furan rings is 1. The Balaban J connectivity index is 1.50. The summed E-state index contributed by atoms with van der Waals surface area (Å²) in [6.07, 6.45) is 1.34. The fraction of sp³-hybridized carbons (Fsp3) is 0.111. The van der Waals surface area contributed by atoms with Crippen molar-refractivity contribution in [2.45, 2.75) is 24.9 Å². The van der Waals surface area contributed by atoms with Crippen molar-refractivity contribution in [1.29, 1.82) is 0 Å². The first-order chi connectivity index (χ1) is 17.7. The first-order valence-electron chi connectivity index (χ1n) is 11.2. The molecule has 0 fully saturated rings. The minimum atomic E-state index is -3.86. The number of halogens is 2. The second-order valence-electron chi connectivity index (χ2n) is 8.22. The Morgan fingerprint density at radius 1 is 0.892 bits per heavy atom. The van der Waals surface area contributed by atoms with Crippen LogP contribution >= 0.6 is 23.2 Å². The Morgan fingerprint density at radius 3 is 2.16 bits per heavy atom. The number of hydrazone groups is 1. The molecule has 1 N–H and O–H groups in total. The molecule has 0 atom stereocenters. The highest BCUT2D eigenvalue weighted by molar-refractivity contribution is 7.89. The largest absolute Gasteiger partial charge is 0.459 e. The predicted octanol–water partition coefficient (Wildman–Crippen LogP) is 6.05. The quantitative estimate of drug-likeness (QED) is 0.201. The lowest BCUT2D eigenvalue weighted by molar-refractivity contribution is 0.0955. The predicted molar refractivity (Wildman–Crippen MR) is 144 cm³/mol. The van der Waals surface area contributed by atoms with E-state index in [0.717, 1.165) is 11.1 Å². The van der Waals surface area contributed by atoms with E-state index in [1.807, 2.05) is 31.2 Å². The summed E-state index contributed by atoms with van der Waals surface area (Å²) in [6.45, 7) is 2.10. The standard InChI is InChI=1S/C27H23Cl2N3O4S/c1-19-2-4-20(5-3-19)17-32(37(34,35)26-14-10-23(29)11-15-26)18-25-13-12-24(36-25)16-30-31-27(33)21-6-8-22(28)9-7-21/h2-16H,17-18H2,1H3,(H,31,33)/b30-16-. The molecule has 0 saturated carbocycles. The topological polar surface area (TPSA) is 92.0 Å². The maximum atomic E-state index is 13.5. The van der Waals surface area contributed by atoms with Gasteiger partial charge >= 0.3 is 0 Å². The molecular weight excluding hydrogens is 533 g/mol. The molecule has 0 saturated heterocycles. The molecule has 4 aromatic rings. The molecule has 0 radical (unpaired) electrons. The van der Waals surface area contributed by atoms with Crippen molar-refractivity contribution in [3.8, 4) is 0 Å². The van der Waals surface area contributed by atoms with Crippen LogP contribution < -0.4 is 5.43 Å². The summed E-state index contributed by atoms with van der Waals surface area (Å²) in [5, 5.41) is 4.89. The van der Waals surface area contributed by atoms with Gasteiger partial charge in [0, 0.05) is 22.2 Å². The molecule has 0 aliphatic heterocycles. The van der Waals surface area contributed by atoms with Crippen LogP contribution in [0.15, 0.2) is 99.3 Å². The highest BCUT2D eigenvalue weighted by atomic mass is 35.5. The maximum Gasteiger partial charge on any atom is 0.271 e. The van der Waals surface area contributed by atoms with Crippen LogP contribution in [-0.2, 0) is 23.1 Å². The van der Waals surface area contributed by atoms with Crippen molar-refractivity contribution in [3.05, 3.63) is 123 Å². The monoisotopic (exact) mass is 555 g/mol. The molecule has 1 amide bonds. The third kappa shape index (κ3) is 7.08. The van der Waals surface area contributed by atoms with E-state index in [1.54, 1.807) is 36.4 Å². The SMILES string of the molecule is Cc1ccc(CN(Cc2ccc(/C=N\NC(=O)c3ccc(Cl)cc3)o2)S(=O)(=O)c2ccc(Cl)cc2)cc1. The summed E-state index contributed by atoms with van der Waals surface area (Å²) in [7, 11) is -3.86. The molecule has 1 aromatic heterocycles. The first kappa shape index (κ1) is 26.6. The van der Waals surface area contributed by atoms with Crippen molar-refractivity contribution in [2.24, 2.45) is 5.10 Å². The second-order valence-corrected chi connectivity index (χ2v) is 11.0. The number of nitrogens with zero attached hydrogens (tertiary/aromatic N) is 2. The fourth-order valence-electron chi connectivity index (χ4n) is 3.42. The molecule has 0 unspecified atom stereocenters. The summed E-state index contributed by atoms with van der Waals surface area (Å²) in [4.78, 5) is 12.3. The van der Waals surface area contributed by atoms with Gasteiger partial charge in [0.05, 0.1) is 17.7 Å². The van der Waals surface area contributed by atoms with E-state index in [2.05, 4.69) is 10.5 Å². The number of carbonyl (C=O) groups is 1. The lowest BCUT2D eigenvalue weighted by Gasteiger charge is -2.21. The van der Waals surface area contributed by atoms with Gasteiger partial charge in [-0.15, -0.1) is 0 Å². The number of amides is 1. The number of nitrogens with one attached hydrogen (secondary N) is 1. The summed E-state index contributed by atoms with van der Waals surface area (Å²) in [5.74, 6) is 0.360. The van der Waals surface area contributed by atoms with Crippen LogP contribution in [0, 0.1) is 6.92 Å². The van der Waals surface area contributed by atoms with Crippen LogP contribution in [0.5, 0.6) is 0 Å². The zero-order chi connectivity index (χ0) is 26.4. The van der Waals surface area contributed by atoms with E-state index in [-0.39, 0.29) is 18.0 Å². The third-order valence-corrected chi connectivity index (χ3v) is 7.72. The Hall–Kier alpha value is -3.43. The molecule has 190 valence electrons. The van der Waals surface area contributed by atoms with E-state index in [9.17, 15) is 13.2 Å². The Morgan fingerprint density at radius 2 is 1.51 bits per heavy atom. The molecule has 3 aromatic carbocycles. The molecule has 10 heteroatoms. The molecule has 0 spiro atoms. The number of carbonyl (C=O) groups excluding carboxylic acids is 1. The van der Waals surface area contributed by atoms with Crippen LogP contribution in [0.2, 0.25) is 10.0 Å².